The van der Waals surface area contributed by atoms with Crippen LogP contribution in [0.15, 0.2) is 34.6 Å². The molecule has 1 aromatic heterocycles. The van der Waals surface area contributed by atoms with Crippen molar-refractivity contribution in [2.24, 2.45) is 4.99 Å². The van der Waals surface area contributed by atoms with Crippen LogP contribution in [0.3, 0.4) is 0 Å². The van der Waals surface area contributed by atoms with E-state index >= 15 is 0 Å². The highest BCUT2D eigenvalue weighted by Gasteiger charge is 2.23. The molecule has 1 unspecified atom stereocenters. The molecule has 1 atom stereocenters. The summed E-state index contributed by atoms with van der Waals surface area (Å²) in [6, 6.07) is 9.15. The van der Waals surface area contributed by atoms with Gasteiger partial charge in [0.05, 0.1) is 12.2 Å². The number of rotatable bonds is 5. The van der Waals surface area contributed by atoms with E-state index in [1.54, 1.807) is 11.3 Å². The summed E-state index contributed by atoms with van der Waals surface area (Å²) in [6.07, 6.45) is 1.11. The molecule has 8 heteroatoms. The van der Waals surface area contributed by atoms with E-state index < -0.39 is 0 Å². The first-order valence-corrected chi connectivity index (χ1v) is 9.83. The minimum Gasteiger partial charge on any atom is -0.369 e. The van der Waals surface area contributed by atoms with Crippen molar-refractivity contribution in [1.82, 2.24) is 15.6 Å². The fourth-order valence-electron chi connectivity index (χ4n) is 3.01. The van der Waals surface area contributed by atoms with Crippen molar-refractivity contribution in [3.8, 4) is 0 Å². The molecule has 27 heavy (non-hydrogen) atoms. The van der Waals surface area contributed by atoms with E-state index in [4.69, 9.17) is 0 Å². The molecule has 2 heterocycles. The van der Waals surface area contributed by atoms with Gasteiger partial charge in [0.2, 0.25) is 0 Å². The third-order valence-electron chi connectivity index (χ3n) is 4.51. The van der Waals surface area contributed by atoms with Gasteiger partial charge in [0.25, 0.3) is 0 Å². The first-order chi connectivity index (χ1) is 12.5. The lowest BCUT2D eigenvalue weighted by molar-refractivity contribution is 0.647. The summed E-state index contributed by atoms with van der Waals surface area (Å²) in [6.45, 7) is 4.86. The first-order valence-electron chi connectivity index (χ1n) is 8.95. The van der Waals surface area contributed by atoms with E-state index in [1.165, 1.54) is 11.3 Å². The number of aliphatic imine (C=N–C) groups is 1. The largest absolute Gasteiger partial charge is 0.369 e. The Morgan fingerprint density at radius 2 is 2.07 bits per heavy atom. The van der Waals surface area contributed by atoms with E-state index in [1.807, 2.05) is 26.0 Å². The Labute approximate surface area is 183 Å². The number of halogens is 1. The highest BCUT2D eigenvalue weighted by molar-refractivity contribution is 14.0. The predicted molar refractivity (Wildman–Crippen MR) is 127 cm³/mol. The molecule has 0 amide bonds. The van der Waals surface area contributed by atoms with Crippen molar-refractivity contribution in [2.45, 2.75) is 25.9 Å². The maximum Gasteiger partial charge on any atom is 0.191 e. The maximum atomic E-state index is 4.60. The lowest BCUT2D eigenvalue weighted by atomic mass is 10.2. The first kappa shape index (κ1) is 21.7. The molecule has 2 aromatic rings. The van der Waals surface area contributed by atoms with Crippen LogP contribution in [-0.2, 0) is 6.54 Å². The molecular weight excluding hydrogens is 471 g/mol. The van der Waals surface area contributed by atoms with Gasteiger partial charge in [0, 0.05) is 51.3 Å². The number of benzene rings is 1. The number of aryl methyl sites for hydroxylation is 1. The molecule has 1 aliphatic rings. The van der Waals surface area contributed by atoms with Crippen LogP contribution in [0.5, 0.6) is 0 Å². The van der Waals surface area contributed by atoms with Gasteiger partial charge in [-0.15, -0.1) is 35.3 Å². The third kappa shape index (κ3) is 5.97. The van der Waals surface area contributed by atoms with Gasteiger partial charge < -0.3 is 20.4 Å². The topological polar surface area (TPSA) is 55.8 Å². The van der Waals surface area contributed by atoms with Crippen LogP contribution in [-0.4, -0.2) is 51.2 Å². The molecule has 1 aliphatic heterocycles. The molecule has 0 spiro atoms. The van der Waals surface area contributed by atoms with Crippen LogP contribution >= 0.6 is 35.3 Å². The molecule has 3 rings (SSSR count). The van der Waals surface area contributed by atoms with Crippen LogP contribution in [0.1, 0.15) is 17.7 Å². The lowest BCUT2D eigenvalue weighted by Gasteiger charge is -2.20. The summed E-state index contributed by atoms with van der Waals surface area (Å²) in [7, 11) is 5.83. The third-order valence-corrected chi connectivity index (χ3v) is 5.57. The average molecular weight is 500 g/mol. The van der Waals surface area contributed by atoms with Gasteiger partial charge in [-0.1, -0.05) is 17.7 Å². The monoisotopic (exact) mass is 500 g/mol. The zero-order valence-electron chi connectivity index (χ0n) is 16.4. The number of nitrogens with zero attached hydrogens (tertiary/aromatic N) is 4. The van der Waals surface area contributed by atoms with Crippen molar-refractivity contribution in [1.29, 1.82) is 0 Å². The molecule has 0 bridgehead atoms. The average Bonchev–Trinajstić information content (AvgIpc) is 3.29. The molecule has 2 N–H and O–H groups in total. The second-order valence-electron chi connectivity index (χ2n) is 6.85. The fourth-order valence-corrected chi connectivity index (χ4v) is 3.77. The Morgan fingerprint density at radius 1 is 1.33 bits per heavy atom. The van der Waals surface area contributed by atoms with Gasteiger partial charge in [-0.05, 0) is 25.5 Å². The van der Waals surface area contributed by atoms with E-state index in [9.17, 15) is 0 Å². The van der Waals surface area contributed by atoms with Crippen LogP contribution in [0.2, 0.25) is 0 Å². The van der Waals surface area contributed by atoms with E-state index in [0.717, 1.165) is 36.3 Å². The zero-order chi connectivity index (χ0) is 18.5. The quantitative estimate of drug-likeness (QED) is 0.376. The number of thiazole rings is 1. The van der Waals surface area contributed by atoms with Crippen LogP contribution < -0.4 is 20.4 Å². The molecule has 1 aromatic carbocycles. The second-order valence-corrected chi connectivity index (χ2v) is 7.69. The SMILES string of the molecule is CN=C(NCc1csc(N(C)C)n1)NC1CCN(c2ccc(C)cc2)C1.I. The van der Waals surface area contributed by atoms with Crippen LogP contribution in [0.25, 0.3) is 0 Å². The van der Waals surface area contributed by atoms with Gasteiger partial charge in [0.1, 0.15) is 0 Å². The fraction of sp³-hybridized carbons (Fsp3) is 0.474. The van der Waals surface area contributed by atoms with Crippen molar-refractivity contribution < 1.29 is 0 Å². The number of hydrogen-bond donors (Lipinski definition) is 2. The molecule has 0 aliphatic carbocycles. The van der Waals surface area contributed by atoms with Crippen LogP contribution in [0, 0.1) is 6.92 Å². The second kappa shape index (κ2) is 10.1. The number of anilines is 2. The Hall–Kier alpha value is -1.55. The summed E-state index contributed by atoms with van der Waals surface area (Å²) in [5, 5.41) is 10.0. The Bertz CT molecular complexity index is 743. The van der Waals surface area contributed by atoms with Gasteiger partial charge in [-0.2, -0.15) is 0 Å². The minimum absolute atomic E-state index is 0. The molecule has 148 valence electrons. The van der Waals surface area contributed by atoms with Gasteiger partial charge in [-0.3, -0.25) is 4.99 Å². The predicted octanol–water partition coefficient (Wildman–Crippen LogP) is 3.08. The Balaban J connectivity index is 0.00000261. The molecule has 1 fully saturated rings. The summed E-state index contributed by atoms with van der Waals surface area (Å²) in [5.74, 6) is 0.833. The lowest BCUT2D eigenvalue weighted by Crippen LogP contribution is -2.44. The highest BCUT2D eigenvalue weighted by atomic mass is 127. The standard InChI is InChI=1S/C19H28N6S.HI/c1-14-5-7-17(8-6-14)25-10-9-15(12-25)22-18(20-2)21-11-16-13-26-19(23-16)24(3)4;/h5-8,13,15H,9-12H2,1-4H3,(H2,20,21,22);1H. The number of nitrogens with one attached hydrogen (secondary N) is 2. The maximum absolute atomic E-state index is 4.60. The molecule has 1 saturated heterocycles. The number of guanidine groups is 1. The summed E-state index contributed by atoms with van der Waals surface area (Å²) >= 11 is 1.66. The van der Waals surface area contributed by atoms with Crippen molar-refractivity contribution in [2.75, 3.05) is 44.0 Å². The van der Waals surface area contributed by atoms with Crippen molar-refractivity contribution in [3.63, 3.8) is 0 Å². The summed E-state index contributed by atoms with van der Waals surface area (Å²) in [5.41, 5.74) is 3.63. The van der Waals surface area contributed by atoms with E-state index in [-0.39, 0.29) is 24.0 Å². The normalized spacial score (nSPS) is 16.8. The summed E-state index contributed by atoms with van der Waals surface area (Å²) in [4.78, 5) is 13.4. The smallest absolute Gasteiger partial charge is 0.191 e. The van der Waals surface area contributed by atoms with Crippen molar-refractivity contribution in [3.05, 3.63) is 40.9 Å². The van der Waals surface area contributed by atoms with Crippen molar-refractivity contribution >= 4 is 52.1 Å². The molecule has 0 radical (unpaired) electrons. The Morgan fingerprint density at radius 3 is 2.70 bits per heavy atom. The molecular formula is C19H29IN6S. The molecule has 0 saturated carbocycles. The summed E-state index contributed by atoms with van der Waals surface area (Å²) < 4.78 is 0. The van der Waals surface area contributed by atoms with Gasteiger partial charge in [-0.25, -0.2) is 4.98 Å². The van der Waals surface area contributed by atoms with E-state index in [2.05, 4.69) is 62.1 Å². The number of aromatic nitrogens is 1. The molecule has 6 nitrogen and oxygen atoms in total. The van der Waals surface area contributed by atoms with Crippen LogP contribution in [0.4, 0.5) is 10.8 Å². The number of hydrogen-bond acceptors (Lipinski definition) is 5. The van der Waals surface area contributed by atoms with E-state index in [0.29, 0.717) is 12.6 Å². The van der Waals surface area contributed by atoms with Gasteiger partial charge >= 0.3 is 0 Å². The Kier molecular flexibility index (Phi) is 8.15. The minimum atomic E-state index is 0. The zero-order valence-corrected chi connectivity index (χ0v) is 19.5. The van der Waals surface area contributed by atoms with Gasteiger partial charge in [0.15, 0.2) is 11.1 Å². The highest BCUT2D eigenvalue weighted by Crippen LogP contribution is 2.21.